The van der Waals surface area contributed by atoms with E-state index in [4.69, 9.17) is 20.9 Å². The number of alkyl halides is 4. The number of nitrogens with one attached hydrogen (secondary N) is 2. The van der Waals surface area contributed by atoms with E-state index in [0.29, 0.717) is 6.07 Å². The number of aromatic nitrogens is 4. The van der Waals surface area contributed by atoms with Gasteiger partial charge in [0.2, 0.25) is 5.95 Å². The molecule has 0 saturated carbocycles. The fraction of sp³-hybridized carbons (Fsp3) is 0.423. The molecule has 0 aliphatic heterocycles. The maximum Gasteiger partial charge on any atom is 0.418 e. The van der Waals surface area contributed by atoms with Crippen LogP contribution in [0.4, 0.5) is 35.0 Å². The number of nitrogen functional groups attached to an aromatic ring is 2. The molecule has 43 heavy (non-hydrogen) atoms. The Hall–Kier alpha value is -4.83. The number of benzene rings is 1. The number of nitrogens with zero attached hydrogens (tertiary/aromatic N) is 4. The zero-order valence-corrected chi connectivity index (χ0v) is 23.5. The summed E-state index contributed by atoms with van der Waals surface area (Å²) in [6.45, 7) is 5.75. The summed E-state index contributed by atoms with van der Waals surface area (Å²) in [7, 11) is 0. The summed E-state index contributed by atoms with van der Waals surface area (Å²) in [5.41, 5.74) is 9.61. The lowest BCUT2D eigenvalue weighted by atomic mass is 10.1. The smallest absolute Gasteiger partial charge is 0.418 e. The second-order valence-electron chi connectivity index (χ2n) is 9.81. The van der Waals surface area contributed by atoms with Crippen molar-refractivity contribution in [2.75, 3.05) is 16.8 Å². The van der Waals surface area contributed by atoms with E-state index in [9.17, 15) is 31.9 Å². The molecule has 1 amide bonds. The van der Waals surface area contributed by atoms with Gasteiger partial charge in [0, 0.05) is 17.7 Å². The van der Waals surface area contributed by atoms with Crippen LogP contribution >= 0.6 is 0 Å². The van der Waals surface area contributed by atoms with Crippen molar-refractivity contribution in [1.29, 1.82) is 0 Å². The van der Waals surface area contributed by atoms with E-state index < -0.39 is 71.7 Å². The molecule has 3 aromatic rings. The lowest BCUT2D eigenvalue weighted by molar-refractivity contribution is -0.156. The molecule has 0 fully saturated rings. The number of carbonyl (C=O) groups is 3. The van der Waals surface area contributed by atoms with Gasteiger partial charge in [-0.05, 0) is 45.9 Å². The maximum absolute atomic E-state index is 14.6. The molecule has 1 aromatic carbocycles. The van der Waals surface area contributed by atoms with Gasteiger partial charge in [0.1, 0.15) is 6.04 Å². The Bertz CT molecular complexity index is 1500. The van der Waals surface area contributed by atoms with E-state index in [2.05, 4.69) is 30.6 Å². The van der Waals surface area contributed by atoms with Crippen molar-refractivity contribution in [2.24, 2.45) is 0 Å². The Morgan fingerprint density at radius 3 is 2.26 bits per heavy atom. The third kappa shape index (κ3) is 8.83. The highest BCUT2D eigenvalue weighted by atomic mass is 19.4. The standard InChI is InChI=1S/C26H30F4N8O5/c1-11(2)42-23(40)16(27)8-18(24(41)43-12(3)4)36-22(39)13-5-6-17(15(7-13)26(28,29)30)33-9-14-10-34-21-19(35-14)20(31)37-25(32)38-21/h5-7,10-12,16,18,33H,8-9H2,1-4H3,(H,36,39)(H4,31,32,34,37,38)/t16-,18+/m1/s1. The molecule has 232 valence electrons. The summed E-state index contributed by atoms with van der Waals surface area (Å²) < 4.78 is 66.4. The highest BCUT2D eigenvalue weighted by molar-refractivity contribution is 5.97. The van der Waals surface area contributed by atoms with Crippen molar-refractivity contribution in [1.82, 2.24) is 25.3 Å². The van der Waals surface area contributed by atoms with Crippen LogP contribution in [0.25, 0.3) is 11.2 Å². The van der Waals surface area contributed by atoms with Crippen LogP contribution in [0.15, 0.2) is 24.4 Å². The van der Waals surface area contributed by atoms with Crippen molar-refractivity contribution in [3.63, 3.8) is 0 Å². The second-order valence-corrected chi connectivity index (χ2v) is 9.81. The van der Waals surface area contributed by atoms with Gasteiger partial charge in [-0.15, -0.1) is 0 Å². The summed E-state index contributed by atoms with van der Waals surface area (Å²) in [4.78, 5) is 53.3. The number of anilines is 3. The number of ether oxygens (including phenoxy) is 2. The Labute approximate surface area is 242 Å². The minimum atomic E-state index is -4.91. The van der Waals surface area contributed by atoms with E-state index in [-0.39, 0.29) is 35.2 Å². The van der Waals surface area contributed by atoms with Gasteiger partial charge >= 0.3 is 18.1 Å². The van der Waals surface area contributed by atoms with E-state index >= 15 is 0 Å². The summed E-state index contributed by atoms with van der Waals surface area (Å²) >= 11 is 0. The van der Waals surface area contributed by atoms with Gasteiger partial charge in [-0.2, -0.15) is 23.1 Å². The van der Waals surface area contributed by atoms with Gasteiger partial charge in [-0.25, -0.2) is 23.9 Å². The van der Waals surface area contributed by atoms with Crippen LogP contribution in [0.3, 0.4) is 0 Å². The van der Waals surface area contributed by atoms with Gasteiger partial charge in [-0.3, -0.25) is 4.79 Å². The van der Waals surface area contributed by atoms with E-state index in [1.807, 2.05) is 0 Å². The molecule has 17 heteroatoms. The number of fused-ring (bicyclic) bond motifs is 1. The summed E-state index contributed by atoms with van der Waals surface area (Å²) in [5.74, 6) is -3.66. The maximum atomic E-state index is 14.6. The number of carbonyl (C=O) groups excluding carboxylic acids is 3. The second kappa shape index (κ2) is 13.4. The molecule has 2 atom stereocenters. The van der Waals surface area contributed by atoms with Gasteiger partial charge in [0.25, 0.3) is 5.91 Å². The normalized spacial score (nSPS) is 13.1. The van der Waals surface area contributed by atoms with Crippen molar-refractivity contribution in [3.8, 4) is 0 Å². The first-order valence-corrected chi connectivity index (χ1v) is 12.9. The highest BCUT2D eigenvalue weighted by Crippen LogP contribution is 2.36. The van der Waals surface area contributed by atoms with E-state index in [0.717, 1.165) is 12.1 Å². The van der Waals surface area contributed by atoms with Crippen molar-refractivity contribution in [3.05, 3.63) is 41.2 Å². The quantitative estimate of drug-likeness (QED) is 0.183. The number of amides is 1. The monoisotopic (exact) mass is 610 g/mol. The van der Waals surface area contributed by atoms with Gasteiger partial charge in [0.15, 0.2) is 23.2 Å². The van der Waals surface area contributed by atoms with Gasteiger partial charge in [0.05, 0.1) is 36.2 Å². The van der Waals surface area contributed by atoms with E-state index in [1.165, 1.54) is 33.9 Å². The molecule has 3 rings (SSSR count). The lowest BCUT2D eigenvalue weighted by Gasteiger charge is -2.21. The first-order valence-electron chi connectivity index (χ1n) is 12.9. The molecule has 0 radical (unpaired) electrons. The number of hydrogen-bond donors (Lipinski definition) is 4. The molecule has 0 bridgehead atoms. The molecular weight excluding hydrogens is 580 g/mol. The third-order valence-corrected chi connectivity index (χ3v) is 5.54. The molecule has 0 aliphatic carbocycles. The number of hydrogen-bond acceptors (Lipinski definition) is 12. The van der Waals surface area contributed by atoms with Crippen molar-refractivity contribution < 1.29 is 41.4 Å². The average molecular weight is 611 g/mol. The van der Waals surface area contributed by atoms with Crippen LogP contribution in [0.5, 0.6) is 0 Å². The van der Waals surface area contributed by atoms with Crippen LogP contribution in [-0.4, -0.2) is 62.2 Å². The minimum Gasteiger partial charge on any atom is -0.461 e. The molecule has 0 aliphatic rings. The van der Waals surface area contributed by atoms with Crippen LogP contribution in [0, 0.1) is 0 Å². The first kappa shape index (κ1) is 32.7. The van der Waals surface area contributed by atoms with Gasteiger partial charge in [-0.1, -0.05) is 0 Å². The minimum absolute atomic E-state index is 0.0605. The number of nitrogens with two attached hydrogens (primary N) is 2. The zero-order chi connectivity index (χ0) is 32.1. The van der Waals surface area contributed by atoms with Crippen LogP contribution < -0.4 is 22.1 Å². The molecule has 0 saturated heterocycles. The SMILES string of the molecule is CC(C)OC(=O)[C@H](F)C[C@H](NC(=O)c1ccc(NCc2cnc3nc(N)nc(N)c3n2)c(C(F)(F)F)c1)C(=O)OC(C)C. The fourth-order valence-electron chi connectivity index (χ4n) is 3.71. The first-order chi connectivity index (χ1) is 20.0. The molecule has 13 nitrogen and oxygen atoms in total. The Balaban J connectivity index is 1.82. The third-order valence-electron chi connectivity index (χ3n) is 5.54. The Morgan fingerprint density at radius 2 is 1.63 bits per heavy atom. The van der Waals surface area contributed by atoms with Crippen LogP contribution in [0.1, 0.15) is 55.7 Å². The summed E-state index contributed by atoms with van der Waals surface area (Å²) in [5, 5.41) is 4.76. The Morgan fingerprint density at radius 1 is 0.977 bits per heavy atom. The molecule has 0 unspecified atom stereocenters. The molecule has 2 heterocycles. The predicted octanol–water partition coefficient (Wildman–Crippen LogP) is 2.94. The number of rotatable bonds is 11. The van der Waals surface area contributed by atoms with Crippen molar-refractivity contribution in [2.45, 2.75) is 71.3 Å². The fourth-order valence-corrected chi connectivity index (χ4v) is 3.71. The van der Waals surface area contributed by atoms with Gasteiger partial charge < -0.3 is 31.6 Å². The number of halogens is 4. The lowest BCUT2D eigenvalue weighted by Crippen LogP contribution is -2.45. The Kier molecular flexibility index (Phi) is 10.2. The topological polar surface area (TPSA) is 197 Å². The molecule has 2 aromatic heterocycles. The molecular formula is C26H30F4N8O5. The largest absolute Gasteiger partial charge is 0.461 e. The highest BCUT2D eigenvalue weighted by Gasteiger charge is 2.36. The van der Waals surface area contributed by atoms with Crippen molar-refractivity contribution >= 4 is 46.5 Å². The van der Waals surface area contributed by atoms with Crippen LogP contribution in [-0.2, 0) is 31.8 Å². The summed E-state index contributed by atoms with van der Waals surface area (Å²) in [6, 6.07) is 0.931. The van der Waals surface area contributed by atoms with E-state index in [1.54, 1.807) is 0 Å². The van der Waals surface area contributed by atoms with Crippen LogP contribution in [0.2, 0.25) is 0 Å². The zero-order valence-electron chi connectivity index (χ0n) is 23.5. The summed E-state index contributed by atoms with van der Waals surface area (Å²) in [6.07, 6.45) is -8.13. The number of esters is 2. The predicted molar refractivity (Wildman–Crippen MR) is 146 cm³/mol. The molecule has 0 spiro atoms. The molecule has 6 N–H and O–H groups in total. The average Bonchev–Trinajstić information content (AvgIpc) is 2.90.